The molecule has 1 aromatic rings. The van der Waals surface area contributed by atoms with Gasteiger partial charge in [-0.2, -0.15) is 0 Å². The number of aliphatic imine (C=N–C) groups is 1. The molecule has 2 N–H and O–H groups in total. The van der Waals surface area contributed by atoms with Crippen molar-refractivity contribution < 1.29 is 4.74 Å². The lowest BCUT2D eigenvalue weighted by atomic mass is 10.1. The molecule has 5 nitrogen and oxygen atoms in total. The number of benzene rings is 1. The van der Waals surface area contributed by atoms with Crippen molar-refractivity contribution in [1.29, 1.82) is 0 Å². The van der Waals surface area contributed by atoms with Crippen LogP contribution in [0.15, 0.2) is 29.3 Å². The van der Waals surface area contributed by atoms with E-state index in [1.807, 2.05) is 19.2 Å². The Hall–Kier alpha value is -1.02. The van der Waals surface area contributed by atoms with Crippen LogP contribution in [0, 0.1) is 0 Å². The van der Waals surface area contributed by atoms with E-state index in [-0.39, 0.29) is 30.1 Å². The van der Waals surface area contributed by atoms with Crippen molar-refractivity contribution in [3.05, 3.63) is 29.8 Å². The predicted octanol–water partition coefficient (Wildman–Crippen LogP) is 2.65. The van der Waals surface area contributed by atoms with Gasteiger partial charge in [-0.25, -0.2) is 0 Å². The van der Waals surface area contributed by atoms with E-state index in [1.165, 1.54) is 50.9 Å². The number of hydrogen-bond acceptors (Lipinski definition) is 3. The Morgan fingerprint density at radius 2 is 2.00 bits per heavy atom. The molecule has 0 amide bonds. The lowest BCUT2D eigenvalue weighted by molar-refractivity contribution is 0.235. The number of nitrogens with one attached hydrogen (secondary N) is 2. The Kier molecular flexibility index (Phi) is 8.81. The molecule has 1 unspecified atom stereocenters. The summed E-state index contributed by atoms with van der Waals surface area (Å²) in [7, 11) is 1.82. The van der Waals surface area contributed by atoms with Crippen LogP contribution in [0.5, 0.6) is 5.75 Å². The molecule has 6 heteroatoms. The van der Waals surface area contributed by atoms with Gasteiger partial charge in [-0.05, 0) is 56.9 Å². The highest BCUT2D eigenvalue weighted by molar-refractivity contribution is 14.0. The van der Waals surface area contributed by atoms with Gasteiger partial charge in [0.1, 0.15) is 11.9 Å². The van der Waals surface area contributed by atoms with E-state index in [0.29, 0.717) is 0 Å². The Balaban J connectivity index is 0.00000225. The number of halogens is 1. The van der Waals surface area contributed by atoms with Crippen molar-refractivity contribution in [1.82, 2.24) is 15.5 Å². The maximum atomic E-state index is 5.95. The Bertz CT molecular complexity index is 521. The van der Waals surface area contributed by atoms with Crippen molar-refractivity contribution in [3.63, 3.8) is 0 Å². The van der Waals surface area contributed by atoms with E-state index in [9.17, 15) is 0 Å². The fourth-order valence-corrected chi connectivity index (χ4v) is 3.47. The summed E-state index contributed by atoms with van der Waals surface area (Å²) >= 11 is 0. The number of likely N-dealkylation sites (tertiary alicyclic amines) is 1. The molecule has 2 aliphatic heterocycles. The van der Waals surface area contributed by atoms with E-state index in [0.717, 1.165) is 31.2 Å². The monoisotopic (exact) mass is 458 g/mol. The fourth-order valence-electron chi connectivity index (χ4n) is 3.47. The van der Waals surface area contributed by atoms with Gasteiger partial charge >= 0.3 is 0 Å². The van der Waals surface area contributed by atoms with Crippen LogP contribution in [0.3, 0.4) is 0 Å². The van der Waals surface area contributed by atoms with E-state index in [1.54, 1.807) is 0 Å². The maximum absolute atomic E-state index is 5.95. The number of ether oxygens (including phenoxy) is 1. The van der Waals surface area contributed by atoms with E-state index >= 15 is 0 Å². The quantitative estimate of drug-likeness (QED) is 0.286. The summed E-state index contributed by atoms with van der Waals surface area (Å²) in [5, 5.41) is 6.79. The second-order valence-electron chi connectivity index (χ2n) is 6.69. The molecule has 2 aliphatic rings. The first-order chi connectivity index (χ1) is 11.8. The molecule has 0 bridgehead atoms. The molecule has 0 saturated carbocycles. The molecule has 1 fully saturated rings. The van der Waals surface area contributed by atoms with Gasteiger partial charge in [0.2, 0.25) is 0 Å². The molecule has 25 heavy (non-hydrogen) atoms. The number of unbranched alkanes of at least 4 members (excludes halogenated alkanes) is 1. The molecule has 140 valence electrons. The van der Waals surface area contributed by atoms with E-state index < -0.39 is 0 Å². The largest absolute Gasteiger partial charge is 0.488 e. The SMILES string of the molecule is CN=C(NCCCCN1CCCC1)NCC1Cc2ccccc2O1.I. The summed E-state index contributed by atoms with van der Waals surface area (Å²) in [5.41, 5.74) is 1.30. The van der Waals surface area contributed by atoms with Gasteiger partial charge in [-0.15, -0.1) is 24.0 Å². The highest BCUT2D eigenvalue weighted by atomic mass is 127. The van der Waals surface area contributed by atoms with Crippen LogP contribution in [0.2, 0.25) is 0 Å². The summed E-state index contributed by atoms with van der Waals surface area (Å²) in [6.07, 6.45) is 6.35. The Morgan fingerprint density at radius 1 is 1.20 bits per heavy atom. The molecule has 0 aromatic heterocycles. The molecule has 1 atom stereocenters. The van der Waals surface area contributed by atoms with Crippen LogP contribution in [0.4, 0.5) is 0 Å². The summed E-state index contributed by atoms with van der Waals surface area (Å²) < 4.78 is 5.95. The zero-order valence-corrected chi connectivity index (χ0v) is 17.5. The number of nitrogens with zero attached hydrogens (tertiary/aromatic N) is 2. The topological polar surface area (TPSA) is 48.9 Å². The highest BCUT2D eigenvalue weighted by Crippen LogP contribution is 2.27. The minimum atomic E-state index is 0. The summed E-state index contributed by atoms with van der Waals surface area (Å²) in [5.74, 6) is 1.89. The predicted molar refractivity (Wildman–Crippen MR) is 114 cm³/mol. The van der Waals surface area contributed by atoms with Crippen LogP contribution in [-0.2, 0) is 6.42 Å². The highest BCUT2D eigenvalue weighted by Gasteiger charge is 2.22. The van der Waals surface area contributed by atoms with Crippen LogP contribution in [0.1, 0.15) is 31.2 Å². The first kappa shape index (κ1) is 20.3. The molecule has 1 saturated heterocycles. The first-order valence-corrected chi connectivity index (χ1v) is 9.26. The van der Waals surface area contributed by atoms with Gasteiger partial charge < -0.3 is 20.3 Å². The van der Waals surface area contributed by atoms with Gasteiger partial charge in [0, 0.05) is 20.0 Å². The van der Waals surface area contributed by atoms with E-state index in [4.69, 9.17) is 4.74 Å². The number of guanidine groups is 1. The number of fused-ring (bicyclic) bond motifs is 1. The molecular formula is C19H31IN4O. The fraction of sp³-hybridized carbons (Fsp3) is 0.632. The molecule has 1 aromatic carbocycles. The second-order valence-corrected chi connectivity index (χ2v) is 6.69. The normalized spacial score (nSPS) is 19.9. The molecule has 0 spiro atoms. The van der Waals surface area contributed by atoms with Crippen molar-refractivity contribution in [2.24, 2.45) is 4.99 Å². The minimum absolute atomic E-state index is 0. The van der Waals surface area contributed by atoms with Gasteiger partial charge in [0.15, 0.2) is 5.96 Å². The summed E-state index contributed by atoms with van der Waals surface area (Å²) in [4.78, 5) is 6.87. The van der Waals surface area contributed by atoms with Gasteiger partial charge in [0.25, 0.3) is 0 Å². The molecule has 3 rings (SSSR count). The lowest BCUT2D eigenvalue weighted by Crippen LogP contribution is -2.42. The average Bonchev–Trinajstić information content (AvgIpc) is 3.26. The number of rotatable bonds is 7. The molecule has 2 heterocycles. The second kappa shape index (κ2) is 10.9. The number of para-hydroxylation sites is 1. The van der Waals surface area contributed by atoms with Crippen LogP contribution in [0.25, 0.3) is 0 Å². The van der Waals surface area contributed by atoms with Crippen molar-refractivity contribution in [3.8, 4) is 5.75 Å². The number of hydrogen-bond donors (Lipinski definition) is 2. The van der Waals surface area contributed by atoms with Gasteiger partial charge in [0.05, 0.1) is 6.54 Å². The summed E-state index contributed by atoms with van der Waals surface area (Å²) in [6, 6.07) is 8.28. The third-order valence-electron chi connectivity index (χ3n) is 4.83. The van der Waals surface area contributed by atoms with Crippen LogP contribution >= 0.6 is 24.0 Å². The minimum Gasteiger partial charge on any atom is -0.488 e. The van der Waals surface area contributed by atoms with Crippen molar-refractivity contribution >= 4 is 29.9 Å². The molecule has 0 radical (unpaired) electrons. The van der Waals surface area contributed by atoms with Gasteiger partial charge in [-0.1, -0.05) is 18.2 Å². The Morgan fingerprint density at radius 3 is 2.76 bits per heavy atom. The van der Waals surface area contributed by atoms with E-state index in [2.05, 4.69) is 32.7 Å². The lowest BCUT2D eigenvalue weighted by Gasteiger charge is -2.16. The summed E-state index contributed by atoms with van der Waals surface area (Å²) in [6.45, 7) is 5.57. The third-order valence-corrected chi connectivity index (χ3v) is 4.83. The molecule has 0 aliphatic carbocycles. The standard InChI is InChI=1S/C19H30N4O.HI/c1-20-19(21-10-4-5-11-23-12-6-7-13-23)22-15-17-14-16-8-2-3-9-18(16)24-17;/h2-3,8-9,17H,4-7,10-15H2,1H3,(H2,20,21,22);1H. The molecular weight excluding hydrogens is 427 g/mol. The first-order valence-electron chi connectivity index (χ1n) is 9.26. The Labute approximate surface area is 168 Å². The third kappa shape index (κ3) is 6.33. The zero-order valence-electron chi connectivity index (χ0n) is 15.2. The zero-order chi connectivity index (χ0) is 16.6. The van der Waals surface area contributed by atoms with Crippen molar-refractivity contribution in [2.45, 2.75) is 38.2 Å². The van der Waals surface area contributed by atoms with Crippen molar-refractivity contribution in [2.75, 3.05) is 39.8 Å². The maximum Gasteiger partial charge on any atom is 0.191 e. The smallest absolute Gasteiger partial charge is 0.191 e. The van der Waals surface area contributed by atoms with Crippen LogP contribution < -0.4 is 15.4 Å². The average molecular weight is 458 g/mol. The van der Waals surface area contributed by atoms with Gasteiger partial charge in [-0.3, -0.25) is 4.99 Å². The van der Waals surface area contributed by atoms with Crippen LogP contribution in [-0.4, -0.2) is 56.7 Å².